The molecule has 15 heteroatoms. The predicted octanol–water partition coefficient (Wildman–Crippen LogP) is 4.30. The van der Waals surface area contributed by atoms with E-state index in [1.807, 2.05) is 45.0 Å². The third kappa shape index (κ3) is 7.60. The fraction of sp³-hybridized carbons (Fsp3) is 0.625. The molecule has 3 N–H and O–H groups in total. The van der Waals surface area contributed by atoms with E-state index in [0.29, 0.717) is 36.4 Å². The number of methoxy groups -OCH3 is 1. The second-order valence-corrected chi connectivity index (χ2v) is 19.5. The molecule has 1 saturated heterocycles. The summed E-state index contributed by atoms with van der Waals surface area (Å²) in [5.74, 6) is -1.27. The number of pyridine rings is 1. The van der Waals surface area contributed by atoms with Crippen LogP contribution in [0.5, 0.6) is 11.6 Å². The summed E-state index contributed by atoms with van der Waals surface area (Å²) in [4.78, 5) is 62.4. The summed E-state index contributed by atoms with van der Waals surface area (Å²) in [5.41, 5.74) is -0.889. The van der Waals surface area contributed by atoms with Gasteiger partial charge in [-0.15, -0.1) is 6.58 Å². The number of nitrogens with zero attached hydrogens (tertiary/aromatic N) is 2. The molecule has 3 aliphatic carbocycles. The highest BCUT2D eigenvalue weighted by molar-refractivity contribution is 7.91. The normalized spacial score (nSPS) is 30.5. The number of amides is 4. The lowest BCUT2D eigenvalue weighted by atomic mass is 9.85. The first-order chi connectivity index (χ1) is 26.0. The summed E-state index contributed by atoms with van der Waals surface area (Å²) in [6, 6.07) is 5.41. The van der Waals surface area contributed by atoms with Crippen molar-refractivity contribution in [2.45, 2.75) is 126 Å². The van der Waals surface area contributed by atoms with Crippen molar-refractivity contribution in [3.05, 3.63) is 42.5 Å². The minimum absolute atomic E-state index is 0.0298. The van der Waals surface area contributed by atoms with Gasteiger partial charge in [0.05, 0.1) is 29.5 Å². The third-order valence-electron chi connectivity index (χ3n) is 12.1. The minimum atomic E-state index is -4.00. The molecule has 2 aromatic rings. The van der Waals surface area contributed by atoms with E-state index >= 15 is 0 Å². The Kier molecular flexibility index (Phi) is 10.1. The Bertz CT molecular complexity index is 2010. The Labute approximate surface area is 322 Å². The number of hydrogen-bond acceptors (Lipinski definition) is 10. The van der Waals surface area contributed by atoms with E-state index in [9.17, 15) is 27.6 Å². The van der Waals surface area contributed by atoms with Crippen LogP contribution in [0.3, 0.4) is 0 Å². The van der Waals surface area contributed by atoms with Gasteiger partial charge in [0.15, 0.2) is 0 Å². The van der Waals surface area contributed by atoms with E-state index in [1.54, 1.807) is 14.0 Å². The molecule has 4 fully saturated rings. The first-order valence-electron chi connectivity index (χ1n) is 19.4. The molecule has 4 amide bonds. The van der Waals surface area contributed by atoms with Crippen molar-refractivity contribution in [1.29, 1.82) is 0 Å². The molecule has 7 atom stereocenters. The fourth-order valence-corrected chi connectivity index (χ4v) is 9.37. The molecule has 298 valence electrons. The lowest BCUT2D eigenvalue weighted by Crippen LogP contribution is -2.60. The van der Waals surface area contributed by atoms with Gasteiger partial charge in [0, 0.05) is 17.7 Å². The summed E-state index contributed by atoms with van der Waals surface area (Å²) >= 11 is 0. The van der Waals surface area contributed by atoms with E-state index < -0.39 is 73.6 Å². The first-order valence-corrected chi connectivity index (χ1v) is 20.9. The van der Waals surface area contributed by atoms with E-state index in [4.69, 9.17) is 19.2 Å². The average Bonchev–Trinajstić information content (AvgIpc) is 4.09. The highest BCUT2D eigenvalue weighted by Crippen LogP contribution is 2.47. The van der Waals surface area contributed by atoms with Crippen LogP contribution < -0.4 is 24.8 Å². The molecule has 3 heterocycles. The third-order valence-corrected chi connectivity index (χ3v) is 14.3. The zero-order valence-corrected chi connectivity index (χ0v) is 33.1. The maximum absolute atomic E-state index is 14.7. The molecule has 55 heavy (non-hydrogen) atoms. The number of nitrogens with one attached hydrogen (secondary N) is 3. The summed E-state index contributed by atoms with van der Waals surface area (Å²) in [6.45, 7) is 10.8. The van der Waals surface area contributed by atoms with E-state index in [2.05, 4.69) is 21.9 Å². The van der Waals surface area contributed by atoms with Crippen molar-refractivity contribution in [3.8, 4) is 11.6 Å². The average molecular weight is 780 g/mol. The summed E-state index contributed by atoms with van der Waals surface area (Å²) in [6.07, 6.45) is 5.95. The lowest BCUT2D eigenvalue weighted by Gasteiger charge is -2.35. The molecule has 0 radical (unpaired) electrons. The Morgan fingerprint density at radius 3 is 2.53 bits per heavy atom. The summed E-state index contributed by atoms with van der Waals surface area (Å²) < 4.78 is 45.7. The topological polar surface area (TPSA) is 182 Å². The van der Waals surface area contributed by atoms with E-state index in [0.717, 1.165) is 43.1 Å². The number of benzene rings is 1. The van der Waals surface area contributed by atoms with Gasteiger partial charge in [-0.3, -0.25) is 19.1 Å². The molecular formula is C40H53N5O9S. The molecule has 5 aliphatic rings. The number of carbonyl (C=O) groups is 4. The first kappa shape index (κ1) is 38.9. The molecular weight excluding hydrogens is 727 g/mol. The standard InChI is InChI=1S/C40H53N5O9S/c1-7-24-21-40(24,36(48)44-55(50,51)39(5)17-18-39)43-33(46)29-20-25-22-45(29)35(47)32(38(2,3)4)42-37(49)54-30-19-23(30)13-9-8-10-15-27-31(52-6)26-14-11-12-16-28(26)41-34(27)53-25/h7,11-12,14,16,23-25,29-30,32H,1,8-10,13,15,17-22H2,2-6H3,(H,42,49)(H,43,46)(H,44,48)/t23-,24-,25-,29+,30-,32-,40-/m1/s1. The van der Waals surface area contributed by atoms with Crippen molar-refractivity contribution < 1.29 is 41.8 Å². The second-order valence-electron chi connectivity index (χ2n) is 17.3. The van der Waals surface area contributed by atoms with Crippen LogP contribution in [-0.2, 0) is 35.6 Å². The highest BCUT2D eigenvalue weighted by Gasteiger charge is 2.63. The van der Waals surface area contributed by atoms with Gasteiger partial charge in [0.1, 0.15) is 35.6 Å². The molecule has 7 rings (SSSR count). The van der Waals surface area contributed by atoms with Crippen molar-refractivity contribution >= 4 is 44.7 Å². The van der Waals surface area contributed by atoms with Crippen molar-refractivity contribution in [1.82, 2.24) is 25.2 Å². The van der Waals surface area contributed by atoms with Gasteiger partial charge in [-0.1, -0.05) is 51.8 Å². The van der Waals surface area contributed by atoms with Gasteiger partial charge in [-0.05, 0) is 75.3 Å². The fourth-order valence-electron chi connectivity index (χ4n) is 8.06. The SMILES string of the molecule is C=C[C@@H]1C[C@]1(NC(=O)[C@@H]1C[C@@H]2CN1C(=O)[C@H](C(C)(C)C)NC(=O)O[C@@H]1C[C@H]1CCCCCc1c(nc3ccccc3c1OC)O2)C(=O)NS(=O)(=O)C1(C)CC1. The van der Waals surface area contributed by atoms with Gasteiger partial charge in [0.25, 0.3) is 5.91 Å². The summed E-state index contributed by atoms with van der Waals surface area (Å²) in [5, 5.41) is 6.49. The van der Waals surface area contributed by atoms with Crippen LogP contribution in [0.15, 0.2) is 36.9 Å². The zero-order valence-electron chi connectivity index (χ0n) is 32.3. The van der Waals surface area contributed by atoms with Crippen LogP contribution >= 0.6 is 0 Å². The largest absolute Gasteiger partial charge is 0.496 e. The van der Waals surface area contributed by atoms with Crippen LogP contribution in [0, 0.1) is 17.3 Å². The van der Waals surface area contributed by atoms with Crippen LogP contribution in [0.2, 0.25) is 0 Å². The zero-order chi connectivity index (χ0) is 39.5. The number of sulfonamides is 1. The number of fused-ring (bicyclic) bond motifs is 5. The number of para-hydroxylation sites is 1. The highest BCUT2D eigenvalue weighted by atomic mass is 32.2. The van der Waals surface area contributed by atoms with Gasteiger partial charge >= 0.3 is 6.09 Å². The maximum atomic E-state index is 14.7. The molecule has 1 aromatic carbocycles. The minimum Gasteiger partial charge on any atom is -0.496 e. The monoisotopic (exact) mass is 779 g/mol. The van der Waals surface area contributed by atoms with Crippen LogP contribution in [0.4, 0.5) is 4.79 Å². The number of carbonyl (C=O) groups excluding carboxylic acids is 4. The van der Waals surface area contributed by atoms with Crippen molar-refractivity contribution in [3.63, 3.8) is 0 Å². The van der Waals surface area contributed by atoms with Crippen molar-refractivity contribution in [2.24, 2.45) is 17.3 Å². The Balaban J connectivity index is 1.23. The molecule has 1 aromatic heterocycles. The molecule has 14 nitrogen and oxygen atoms in total. The van der Waals surface area contributed by atoms with Crippen molar-refractivity contribution in [2.75, 3.05) is 13.7 Å². The Morgan fingerprint density at radius 1 is 1.11 bits per heavy atom. The van der Waals surface area contributed by atoms with Crippen LogP contribution in [0.1, 0.15) is 91.0 Å². The number of ether oxygens (including phenoxy) is 3. The molecule has 3 saturated carbocycles. The Hall–Kier alpha value is -4.40. The van der Waals surface area contributed by atoms with Crippen LogP contribution in [0.25, 0.3) is 10.9 Å². The molecule has 2 bridgehead atoms. The quantitative estimate of drug-likeness (QED) is 0.343. The van der Waals surface area contributed by atoms with E-state index in [-0.39, 0.29) is 31.4 Å². The number of aromatic nitrogens is 1. The Morgan fingerprint density at radius 2 is 1.85 bits per heavy atom. The molecule has 2 aliphatic heterocycles. The second kappa shape index (κ2) is 14.3. The van der Waals surface area contributed by atoms with E-state index in [1.165, 1.54) is 11.0 Å². The lowest BCUT2D eigenvalue weighted by molar-refractivity contribution is -0.142. The molecule has 0 spiro atoms. The predicted molar refractivity (Wildman–Crippen MR) is 204 cm³/mol. The smallest absolute Gasteiger partial charge is 0.408 e. The van der Waals surface area contributed by atoms with Gasteiger partial charge in [-0.25, -0.2) is 18.2 Å². The van der Waals surface area contributed by atoms with Gasteiger partial charge in [-0.2, -0.15) is 0 Å². The molecule has 0 unspecified atom stereocenters. The number of alkyl carbamates (subject to hydrolysis) is 1. The number of hydrogen-bond donors (Lipinski definition) is 3. The van der Waals surface area contributed by atoms with Gasteiger partial charge < -0.3 is 29.7 Å². The van der Waals surface area contributed by atoms with Gasteiger partial charge in [0.2, 0.25) is 27.7 Å². The number of rotatable bonds is 7. The summed E-state index contributed by atoms with van der Waals surface area (Å²) in [7, 11) is -2.38. The maximum Gasteiger partial charge on any atom is 0.408 e. The van der Waals surface area contributed by atoms with Crippen LogP contribution in [-0.4, -0.2) is 90.3 Å².